The van der Waals surface area contributed by atoms with E-state index in [-0.39, 0.29) is 5.69 Å². The molecule has 4 rings (SSSR count). The standard InChI is InChI=1S/C19H12BrClN4OS/c20-13-5-1-12(2-6-13)16-10-27-19(23-16)25-17(18(22)26)9-15(24-25)11-3-7-14(21)8-4-11/h1-10H,(H2,22,26). The van der Waals surface area contributed by atoms with Crippen LogP contribution in [0.25, 0.3) is 27.6 Å². The number of nitrogens with zero attached hydrogens (tertiary/aromatic N) is 3. The van der Waals surface area contributed by atoms with E-state index < -0.39 is 5.91 Å². The van der Waals surface area contributed by atoms with E-state index in [0.717, 1.165) is 21.3 Å². The number of benzene rings is 2. The van der Waals surface area contributed by atoms with Crippen LogP contribution in [0.4, 0.5) is 0 Å². The number of nitrogens with two attached hydrogens (primary N) is 1. The Bertz CT molecular complexity index is 1120. The molecular weight excluding hydrogens is 448 g/mol. The maximum absolute atomic E-state index is 11.9. The van der Waals surface area contributed by atoms with Gasteiger partial charge in [-0.2, -0.15) is 9.78 Å². The Morgan fingerprint density at radius 3 is 2.33 bits per heavy atom. The number of carbonyl (C=O) groups is 1. The van der Waals surface area contributed by atoms with Crippen LogP contribution in [0, 0.1) is 0 Å². The lowest BCUT2D eigenvalue weighted by molar-refractivity contribution is 0.0993. The summed E-state index contributed by atoms with van der Waals surface area (Å²) in [7, 11) is 0. The lowest BCUT2D eigenvalue weighted by atomic mass is 10.1. The molecule has 0 saturated heterocycles. The molecule has 0 aliphatic heterocycles. The molecule has 0 aliphatic rings. The predicted molar refractivity (Wildman–Crippen MR) is 111 cm³/mol. The Morgan fingerprint density at radius 2 is 1.67 bits per heavy atom. The number of hydrogen-bond acceptors (Lipinski definition) is 4. The lowest BCUT2D eigenvalue weighted by Gasteiger charge is -2.00. The normalized spacial score (nSPS) is 10.9. The Labute approximate surface area is 172 Å². The van der Waals surface area contributed by atoms with Gasteiger partial charge in [-0.05, 0) is 30.3 Å². The third-order valence-electron chi connectivity index (χ3n) is 3.92. The number of amides is 1. The highest BCUT2D eigenvalue weighted by molar-refractivity contribution is 9.10. The van der Waals surface area contributed by atoms with Crippen molar-refractivity contribution in [3.8, 4) is 27.6 Å². The molecule has 0 spiro atoms. The van der Waals surface area contributed by atoms with Crippen LogP contribution in [0.3, 0.4) is 0 Å². The molecule has 0 unspecified atom stereocenters. The van der Waals surface area contributed by atoms with Crippen molar-refractivity contribution >= 4 is 44.8 Å². The fraction of sp³-hybridized carbons (Fsp3) is 0. The summed E-state index contributed by atoms with van der Waals surface area (Å²) in [5, 5.41) is 7.66. The van der Waals surface area contributed by atoms with Crippen LogP contribution >= 0.6 is 38.9 Å². The van der Waals surface area contributed by atoms with Crippen molar-refractivity contribution in [2.24, 2.45) is 5.73 Å². The number of carbonyl (C=O) groups excluding carboxylic acids is 1. The summed E-state index contributed by atoms with van der Waals surface area (Å²) in [6.45, 7) is 0. The van der Waals surface area contributed by atoms with E-state index in [9.17, 15) is 4.79 Å². The van der Waals surface area contributed by atoms with Crippen molar-refractivity contribution in [1.29, 1.82) is 0 Å². The highest BCUT2D eigenvalue weighted by atomic mass is 79.9. The zero-order valence-electron chi connectivity index (χ0n) is 13.8. The number of aromatic nitrogens is 3. The largest absolute Gasteiger partial charge is 0.364 e. The zero-order valence-corrected chi connectivity index (χ0v) is 16.9. The zero-order chi connectivity index (χ0) is 19.0. The molecule has 0 radical (unpaired) electrons. The van der Waals surface area contributed by atoms with Crippen molar-refractivity contribution in [2.45, 2.75) is 0 Å². The molecule has 5 nitrogen and oxygen atoms in total. The van der Waals surface area contributed by atoms with Crippen molar-refractivity contribution < 1.29 is 4.79 Å². The molecule has 0 bridgehead atoms. The number of rotatable bonds is 4. The molecular formula is C19H12BrClN4OS. The van der Waals surface area contributed by atoms with Crippen LogP contribution in [0.15, 0.2) is 64.5 Å². The molecule has 0 aliphatic carbocycles. The molecule has 2 aromatic heterocycles. The Morgan fingerprint density at radius 1 is 1.04 bits per heavy atom. The van der Waals surface area contributed by atoms with E-state index in [1.54, 1.807) is 18.2 Å². The first-order valence-electron chi connectivity index (χ1n) is 7.89. The first-order chi connectivity index (χ1) is 13.0. The van der Waals surface area contributed by atoms with E-state index in [2.05, 4.69) is 26.0 Å². The monoisotopic (exact) mass is 458 g/mol. The minimum atomic E-state index is -0.567. The second kappa shape index (κ2) is 7.26. The van der Waals surface area contributed by atoms with Crippen molar-refractivity contribution in [3.05, 3.63) is 75.2 Å². The van der Waals surface area contributed by atoms with Gasteiger partial charge < -0.3 is 5.73 Å². The predicted octanol–water partition coefficient (Wildman–Crippen LogP) is 5.18. The second-order valence-corrected chi connectivity index (χ2v) is 7.91. The number of thiazole rings is 1. The average Bonchev–Trinajstić information content (AvgIpc) is 3.30. The van der Waals surface area contributed by atoms with E-state index in [0.29, 0.717) is 15.8 Å². The van der Waals surface area contributed by atoms with Gasteiger partial charge in [-0.3, -0.25) is 4.79 Å². The maximum Gasteiger partial charge on any atom is 0.267 e. The van der Waals surface area contributed by atoms with Crippen molar-refractivity contribution in [1.82, 2.24) is 14.8 Å². The molecule has 0 fully saturated rings. The van der Waals surface area contributed by atoms with Gasteiger partial charge in [-0.15, -0.1) is 11.3 Å². The van der Waals surface area contributed by atoms with Gasteiger partial charge in [0.05, 0.1) is 11.4 Å². The Hall–Kier alpha value is -2.48. The topological polar surface area (TPSA) is 73.8 Å². The summed E-state index contributed by atoms with van der Waals surface area (Å²) in [5.41, 5.74) is 9.08. The van der Waals surface area contributed by atoms with E-state index in [1.165, 1.54) is 16.0 Å². The summed E-state index contributed by atoms with van der Waals surface area (Å²) in [6.07, 6.45) is 0. The van der Waals surface area contributed by atoms with Crippen LogP contribution in [0.1, 0.15) is 10.5 Å². The van der Waals surface area contributed by atoms with Crippen LogP contribution in [-0.4, -0.2) is 20.7 Å². The van der Waals surface area contributed by atoms with Crippen molar-refractivity contribution in [3.63, 3.8) is 0 Å². The lowest BCUT2D eigenvalue weighted by Crippen LogP contribution is -2.16. The van der Waals surface area contributed by atoms with Gasteiger partial charge in [0.2, 0.25) is 5.13 Å². The average molecular weight is 460 g/mol. The summed E-state index contributed by atoms with van der Waals surface area (Å²) >= 11 is 10.8. The molecule has 27 heavy (non-hydrogen) atoms. The molecule has 2 heterocycles. The highest BCUT2D eigenvalue weighted by Crippen LogP contribution is 2.28. The van der Waals surface area contributed by atoms with Crippen LogP contribution < -0.4 is 5.73 Å². The van der Waals surface area contributed by atoms with E-state index >= 15 is 0 Å². The molecule has 0 saturated carbocycles. The molecule has 2 aromatic carbocycles. The number of hydrogen-bond donors (Lipinski definition) is 1. The van der Waals surface area contributed by atoms with Gasteiger partial charge in [0.25, 0.3) is 5.91 Å². The summed E-state index contributed by atoms with van der Waals surface area (Å²) in [5.74, 6) is -0.567. The van der Waals surface area contributed by atoms with Gasteiger partial charge in [0, 0.05) is 26.0 Å². The molecule has 8 heteroatoms. The third-order valence-corrected chi connectivity index (χ3v) is 5.51. The van der Waals surface area contributed by atoms with Crippen LogP contribution in [0.2, 0.25) is 5.02 Å². The SMILES string of the molecule is NC(=O)c1cc(-c2ccc(Cl)cc2)nn1-c1nc(-c2ccc(Br)cc2)cs1. The van der Waals surface area contributed by atoms with Gasteiger partial charge in [0.15, 0.2) is 0 Å². The third kappa shape index (κ3) is 3.66. The summed E-state index contributed by atoms with van der Waals surface area (Å²) < 4.78 is 2.48. The second-order valence-electron chi connectivity index (χ2n) is 5.72. The highest BCUT2D eigenvalue weighted by Gasteiger charge is 2.18. The fourth-order valence-corrected chi connectivity index (χ4v) is 3.77. The first kappa shape index (κ1) is 17.9. The molecule has 4 aromatic rings. The van der Waals surface area contributed by atoms with Gasteiger partial charge in [-0.25, -0.2) is 4.98 Å². The summed E-state index contributed by atoms with van der Waals surface area (Å²) in [4.78, 5) is 16.5. The smallest absolute Gasteiger partial charge is 0.267 e. The molecule has 1 amide bonds. The number of primary amides is 1. The Kier molecular flexibility index (Phi) is 4.82. The van der Waals surface area contributed by atoms with Gasteiger partial charge >= 0.3 is 0 Å². The number of halogens is 2. The van der Waals surface area contributed by atoms with Crippen LogP contribution in [-0.2, 0) is 0 Å². The maximum atomic E-state index is 11.9. The molecule has 0 atom stereocenters. The van der Waals surface area contributed by atoms with Gasteiger partial charge in [0.1, 0.15) is 5.69 Å². The minimum Gasteiger partial charge on any atom is -0.364 e. The first-order valence-corrected chi connectivity index (χ1v) is 9.94. The van der Waals surface area contributed by atoms with Gasteiger partial charge in [-0.1, -0.05) is 51.8 Å². The van der Waals surface area contributed by atoms with Crippen molar-refractivity contribution in [2.75, 3.05) is 0 Å². The van der Waals surface area contributed by atoms with E-state index in [4.69, 9.17) is 17.3 Å². The van der Waals surface area contributed by atoms with E-state index in [1.807, 2.05) is 41.8 Å². The summed E-state index contributed by atoms with van der Waals surface area (Å²) in [6, 6.07) is 16.7. The van der Waals surface area contributed by atoms with Crippen LogP contribution in [0.5, 0.6) is 0 Å². The minimum absolute atomic E-state index is 0.275. The molecule has 134 valence electrons. The molecule has 2 N–H and O–H groups in total. The Balaban J connectivity index is 1.76. The quantitative estimate of drug-likeness (QED) is 0.457. The fourth-order valence-electron chi connectivity index (χ4n) is 2.58.